The second-order valence-corrected chi connectivity index (χ2v) is 11.7. The second-order valence-electron chi connectivity index (χ2n) is 7.92. The van der Waals surface area contributed by atoms with Gasteiger partial charge in [0.25, 0.3) is 15.9 Å². The molecule has 6 nitrogen and oxygen atoms in total. The summed E-state index contributed by atoms with van der Waals surface area (Å²) in [5, 5.41) is 2.45. The first-order valence-corrected chi connectivity index (χ1v) is 13.4. The van der Waals surface area contributed by atoms with Gasteiger partial charge >= 0.3 is 0 Å². The molecule has 1 amide bonds. The predicted molar refractivity (Wildman–Crippen MR) is 127 cm³/mol. The van der Waals surface area contributed by atoms with Crippen LogP contribution in [0.2, 0.25) is 0 Å². The van der Waals surface area contributed by atoms with Gasteiger partial charge in [-0.25, -0.2) is 13.4 Å². The molecular weight excluding hydrogens is 450 g/mol. The number of thiazole rings is 1. The summed E-state index contributed by atoms with van der Waals surface area (Å²) >= 11 is 2.49. The van der Waals surface area contributed by atoms with Crippen LogP contribution in [0.15, 0.2) is 33.9 Å². The van der Waals surface area contributed by atoms with Crippen LogP contribution in [0.1, 0.15) is 45.8 Å². The van der Waals surface area contributed by atoms with Gasteiger partial charge in [0.1, 0.15) is 14.1 Å². The highest BCUT2D eigenvalue weighted by atomic mass is 32.2. The average Bonchev–Trinajstić information content (AvgIpc) is 3.34. The van der Waals surface area contributed by atoms with Crippen molar-refractivity contribution in [1.29, 1.82) is 0 Å². The van der Waals surface area contributed by atoms with Gasteiger partial charge in [0, 0.05) is 29.7 Å². The maximum atomic E-state index is 12.9. The maximum absolute atomic E-state index is 12.9. The van der Waals surface area contributed by atoms with E-state index in [1.54, 1.807) is 11.4 Å². The zero-order valence-corrected chi connectivity index (χ0v) is 20.2. The maximum Gasteiger partial charge on any atom is 0.271 e. The fraction of sp³-hybridized carbons (Fsp3) is 0.364. The number of likely N-dealkylation sites (tertiary alicyclic amines) is 1. The lowest BCUT2D eigenvalue weighted by Crippen LogP contribution is -2.35. The van der Waals surface area contributed by atoms with Gasteiger partial charge < -0.3 is 4.90 Å². The predicted octanol–water partition coefficient (Wildman–Crippen LogP) is 5.22. The lowest BCUT2D eigenvalue weighted by atomic mass is 10.1. The first-order chi connectivity index (χ1) is 14.7. The number of sulfonamides is 1. The van der Waals surface area contributed by atoms with E-state index in [9.17, 15) is 13.2 Å². The fourth-order valence-electron chi connectivity index (χ4n) is 3.77. The number of carbonyl (C=O) groups excluding carboxylic acids is 1. The summed E-state index contributed by atoms with van der Waals surface area (Å²) in [6.07, 6.45) is 3.24. The minimum Gasteiger partial charge on any atom is -0.338 e. The summed E-state index contributed by atoms with van der Waals surface area (Å²) in [6, 6.07) is 7.24. The fourth-order valence-corrected chi connectivity index (χ4v) is 7.07. The highest BCUT2D eigenvalue weighted by Crippen LogP contribution is 2.34. The van der Waals surface area contributed by atoms with E-state index in [-0.39, 0.29) is 10.1 Å². The molecule has 1 aliphatic rings. The van der Waals surface area contributed by atoms with E-state index in [0.717, 1.165) is 54.0 Å². The Kier molecular flexibility index (Phi) is 6.18. The van der Waals surface area contributed by atoms with Crippen molar-refractivity contribution in [3.63, 3.8) is 0 Å². The number of rotatable bonds is 5. The number of aromatic nitrogens is 1. The summed E-state index contributed by atoms with van der Waals surface area (Å²) in [5.41, 5.74) is 3.95. The third kappa shape index (κ3) is 4.83. The molecule has 1 saturated heterocycles. The van der Waals surface area contributed by atoms with Gasteiger partial charge in [-0.3, -0.25) is 9.52 Å². The Hall–Kier alpha value is -2.23. The van der Waals surface area contributed by atoms with Crippen molar-refractivity contribution in [2.75, 3.05) is 17.8 Å². The molecule has 1 aliphatic heterocycles. The van der Waals surface area contributed by atoms with E-state index in [2.05, 4.69) is 9.71 Å². The summed E-state index contributed by atoms with van der Waals surface area (Å²) in [7, 11) is -3.70. The topological polar surface area (TPSA) is 79.4 Å². The van der Waals surface area contributed by atoms with Crippen molar-refractivity contribution >= 4 is 44.3 Å². The average molecular weight is 476 g/mol. The number of thiophene rings is 1. The molecule has 0 atom stereocenters. The number of anilines is 1. The van der Waals surface area contributed by atoms with Gasteiger partial charge in [-0.1, -0.05) is 6.07 Å². The van der Waals surface area contributed by atoms with Crippen LogP contribution < -0.4 is 4.72 Å². The van der Waals surface area contributed by atoms with Gasteiger partial charge in [0.05, 0.1) is 5.69 Å². The van der Waals surface area contributed by atoms with Gasteiger partial charge in [-0.2, -0.15) is 0 Å². The number of hydrogen-bond donors (Lipinski definition) is 1. The molecule has 0 radical (unpaired) electrons. The normalized spacial score (nSPS) is 14.6. The van der Waals surface area contributed by atoms with Crippen LogP contribution >= 0.6 is 22.7 Å². The monoisotopic (exact) mass is 475 g/mol. The SMILES string of the molecule is Cc1cc(C)cc(NS(=O)(=O)c2cc(-c3nc(C)c(C(=O)N4CCCCC4)s3)cs2)c1. The van der Waals surface area contributed by atoms with Crippen molar-refractivity contribution in [2.24, 2.45) is 0 Å². The molecule has 164 valence electrons. The number of piperidine rings is 1. The van der Waals surface area contributed by atoms with Crippen LogP contribution in [0.4, 0.5) is 5.69 Å². The van der Waals surface area contributed by atoms with E-state index in [1.165, 1.54) is 17.8 Å². The highest BCUT2D eigenvalue weighted by molar-refractivity contribution is 7.94. The van der Waals surface area contributed by atoms with Crippen molar-refractivity contribution in [3.05, 3.63) is 51.3 Å². The number of carbonyl (C=O) groups is 1. The summed E-state index contributed by atoms with van der Waals surface area (Å²) in [4.78, 5) is 20.0. The molecule has 3 heterocycles. The third-order valence-corrected chi connectivity index (χ3v) is 9.21. The molecule has 0 bridgehead atoms. The Morgan fingerprint density at radius 1 is 1.03 bits per heavy atom. The number of nitrogens with zero attached hydrogens (tertiary/aromatic N) is 2. The minimum atomic E-state index is -3.70. The van der Waals surface area contributed by atoms with Gasteiger partial charge in [0.2, 0.25) is 0 Å². The first-order valence-electron chi connectivity index (χ1n) is 10.2. The standard InChI is InChI=1S/C22H25N3O3S3/c1-14-9-15(2)11-18(10-14)24-31(27,28)19-12-17(13-29-19)21-23-16(3)20(30-21)22(26)25-7-5-4-6-8-25/h9-13,24H,4-8H2,1-3H3. The molecule has 3 aromatic rings. The molecule has 1 aromatic carbocycles. The number of benzene rings is 1. The Bertz CT molecular complexity index is 1200. The zero-order valence-electron chi connectivity index (χ0n) is 17.8. The van der Waals surface area contributed by atoms with Crippen LogP contribution in [-0.2, 0) is 10.0 Å². The number of hydrogen-bond acceptors (Lipinski definition) is 6. The highest BCUT2D eigenvalue weighted by Gasteiger charge is 2.24. The number of nitrogens with one attached hydrogen (secondary N) is 1. The Morgan fingerprint density at radius 2 is 1.71 bits per heavy atom. The molecule has 4 rings (SSSR count). The third-order valence-electron chi connectivity index (χ3n) is 5.20. The molecule has 31 heavy (non-hydrogen) atoms. The Labute approximate surface area is 191 Å². The molecule has 0 spiro atoms. The molecule has 1 N–H and O–H groups in total. The van der Waals surface area contributed by atoms with Crippen LogP contribution in [0, 0.1) is 20.8 Å². The van der Waals surface area contributed by atoms with Crippen molar-refractivity contribution < 1.29 is 13.2 Å². The van der Waals surface area contributed by atoms with Gasteiger partial charge in [-0.15, -0.1) is 22.7 Å². The number of amides is 1. The number of aryl methyl sites for hydroxylation is 3. The lowest BCUT2D eigenvalue weighted by Gasteiger charge is -2.26. The van der Waals surface area contributed by atoms with Crippen LogP contribution in [-0.4, -0.2) is 37.3 Å². The van der Waals surface area contributed by atoms with E-state index in [4.69, 9.17) is 0 Å². The summed E-state index contributed by atoms with van der Waals surface area (Å²) in [5.74, 6) is 0.0282. The van der Waals surface area contributed by atoms with E-state index in [1.807, 2.05) is 43.9 Å². The molecule has 0 aliphatic carbocycles. The molecule has 0 unspecified atom stereocenters. The smallest absolute Gasteiger partial charge is 0.271 e. The molecular formula is C22H25N3O3S3. The van der Waals surface area contributed by atoms with Crippen LogP contribution in [0.25, 0.3) is 10.6 Å². The molecule has 9 heteroatoms. The second kappa shape index (κ2) is 8.72. The largest absolute Gasteiger partial charge is 0.338 e. The lowest BCUT2D eigenvalue weighted by molar-refractivity contribution is 0.0728. The van der Waals surface area contributed by atoms with E-state index < -0.39 is 10.0 Å². The van der Waals surface area contributed by atoms with Crippen LogP contribution in [0.5, 0.6) is 0 Å². The van der Waals surface area contributed by atoms with Crippen molar-refractivity contribution in [1.82, 2.24) is 9.88 Å². The zero-order chi connectivity index (χ0) is 22.2. The molecule has 1 fully saturated rings. The summed E-state index contributed by atoms with van der Waals surface area (Å²) in [6.45, 7) is 7.28. The Morgan fingerprint density at radius 3 is 2.39 bits per heavy atom. The van der Waals surface area contributed by atoms with E-state index >= 15 is 0 Å². The Balaban J connectivity index is 1.56. The summed E-state index contributed by atoms with van der Waals surface area (Å²) < 4.78 is 28.6. The quantitative estimate of drug-likeness (QED) is 0.548. The van der Waals surface area contributed by atoms with Gasteiger partial charge in [0.15, 0.2) is 0 Å². The van der Waals surface area contributed by atoms with Crippen molar-refractivity contribution in [2.45, 2.75) is 44.2 Å². The van der Waals surface area contributed by atoms with E-state index in [0.29, 0.717) is 21.3 Å². The first kappa shape index (κ1) is 22.0. The van der Waals surface area contributed by atoms with Crippen LogP contribution in [0.3, 0.4) is 0 Å². The van der Waals surface area contributed by atoms with Gasteiger partial charge in [-0.05, 0) is 69.4 Å². The molecule has 2 aromatic heterocycles. The van der Waals surface area contributed by atoms with Crippen molar-refractivity contribution in [3.8, 4) is 10.6 Å². The minimum absolute atomic E-state index is 0.0282. The molecule has 0 saturated carbocycles.